The smallest absolute Gasteiger partial charge is 0.409 e. The molecule has 9 nitrogen and oxygen atoms in total. The maximum Gasteiger partial charge on any atom is 0.409 e. The zero-order valence-electron chi connectivity index (χ0n) is 13.5. The summed E-state index contributed by atoms with van der Waals surface area (Å²) >= 11 is 0. The minimum atomic E-state index is -0.879. The molecule has 5 N–H and O–H groups in total. The van der Waals surface area contributed by atoms with Gasteiger partial charge in [-0.3, -0.25) is 4.90 Å². The van der Waals surface area contributed by atoms with E-state index in [9.17, 15) is 14.4 Å². The Morgan fingerprint density at radius 2 is 1.92 bits per heavy atom. The van der Waals surface area contributed by atoms with Crippen LogP contribution < -0.4 is 26.4 Å². The molecule has 132 valence electrons. The predicted molar refractivity (Wildman–Crippen MR) is 95.6 cm³/mol. The van der Waals surface area contributed by atoms with E-state index < -0.39 is 6.09 Å². The first-order valence-corrected chi connectivity index (χ1v) is 7.90. The van der Waals surface area contributed by atoms with Gasteiger partial charge in [-0.2, -0.15) is 0 Å². The van der Waals surface area contributed by atoms with Crippen LogP contribution in [0.5, 0.6) is 5.75 Å². The monoisotopic (exact) mass is 353 g/mol. The van der Waals surface area contributed by atoms with Crippen LogP contribution in [0.2, 0.25) is 0 Å². The molecule has 0 fully saturated rings. The van der Waals surface area contributed by atoms with Crippen molar-refractivity contribution in [3.63, 3.8) is 0 Å². The number of aromatic nitrogens is 2. The molecule has 0 spiro atoms. The lowest BCUT2D eigenvalue weighted by Gasteiger charge is -2.18. The van der Waals surface area contributed by atoms with Crippen molar-refractivity contribution in [2.24, 2.45) is 5.73 Å². The number of urea groups is 1. The molecule has 2 aromatic carbocycles. The fraction of sp³-hybridized carbons (Fsp3) is 0.118. The van der Waals surface area contributed by atoms with Crippen molar-refractivity contribution >= 4 is 34.5 Å². The number of imidazole rings is 1. The van der Waals surface area contributed by atoms with Gasteiger partial charge in [-0.25, -0.2) is 14.4 Å². The average molecular weight is 353 g/mol. The molecular weight excluding hydrogens is 338 g/mol. The van der Waals surface area contributed by atoms with Gasteiger partial charge in [-0.15, -0.1) is 0 Å². The lowest BCUT2D eigenvalue weighted by molar-refractivity contribution is 0.211. The fourth-order valence-corrected chi connectivity index (χ4v) is 3.07. The van der Waals surface area contributed by atoms with Gasteiger partial charge in [0.1, 0.15) is 5.75 Å². The number of amides is 3. The number of primary amides is 1. The highest BCUT2D eigenvalue weighted by Gasteiger charge is 2.25. The normalized spacial score (nSPS) is 12.8. The Bertz CT molecular complexity index is 1080. The van der Waals surface area contributed by atoms with Crippen molar-refractivity contribution in [3.05, 3.63) is 52.4 Å². The molecule has 26 heavy (non-hydrogen) atoms. The molecule has 0 atom stereocenters. The SMILES string of the molecule is NC(=O)Oc1ccc2c(c1)CCN2C(=O)Nc1ccc2[nH]c(=O)[nH]c2c1. The highest BCUT2D eigenvalue weighted by molar-refractivity contribution is 6.03. The molecule has 1 aromatic heterocycles. The first kappa shape index (κ1) is 15.8. The molecule has 0 saturated heterocycles. The zero-order valence-corrected chi connectivity index (χ0v) is 13.5. The number of carbonyl (C=O) groups is 2. The summed E-state index contributed by atoms with van der Waals surface area (Å²) in [5, 5.41) is 2.82. The average Bonchev–Trinajstić information content (AvgIpc) is 3.15. The summed E-state index contributed by atoms with van der Waals surface area (Å²) < 4.78 is 4.86. The van der Waals surface area contributed by atoms with Gasteiger partial charge in [0.05, 0.1) is 11.0 Å². The van der Waals surface area contributed by atoms with Crippen molar-refractivity contribution in [1.29, 1.82) is 0 Å². The Hall–Kier alpha value is -3.75. The van der Waals surface area contributed by atoms with E-state index in [1.807, 2.05) is 0 Å². The number of aromatic amines is 2. The molecule has 2 heterocycles. The second kappa shape index (κ2) is 5.96. The molecule has 0 saturated carbocycles. The van der Waals surface area contributed by atoms with E-state index >= 15 is 0 Å². The number of rotatable bonds is 2. The van der Waals surface area contributed by atoms with Gasteiger partial charge in [-0.05, 0) is 48.4 Å². The lowest BCUT2D eigenvalue weighted by Crippen LogP contribution is -2.33. The minimum Gasteiger partial charge on any atom is -0.410 e. The number of ether oxygens (including phenoxy) is 1. The Kier molecular flexibility index (Phi) is 3.61. The van der Waals surface area contributed by atoms with Crippen molar-refractivity contribution in [1.82, 2.24) is 9.97 Å². The first-order chi connectivity index (χ1) is 12.5. The summed E-state index contributed by atoms with van der Waals surface area (Å²) in [7, 11) is 0. The van der Waals surface area contributed by atoms with Crippen LogP contribution in [-0.2, 0) is 6.42 Å². The predicted octanol–water partition coefficient (Wildman–Crippen LogP) is 1.91. The van der Waals surface area contributed by atoms with E-state index in [0.29, 0.717) is 35.4 Å². The van der Waals surface area contributed by atoms with Crippen LogP contribution in [0.1, 0.15) is 5.56 Å². The molecule has 9 heteroatoms. The highest BCUT2D eigenvalue weighted by Crippen LogP contribution is 2.32. The number of carbonyl (C=O) groups excluding carboxylic acids is 2. The third-order valence-corrected chi connectivity index (χ3v) is 4.18. The maximum atomic E-state index is 12.6. The third-order valence-electron chi connectivity index (χ3n) is 4.18. The van der Waals surface area contributed by atoms with Gasteiger partial charge >= 0.3 is 17.8 Å². The van der Waals surface area contributed by atoms with E-state index in [4.69, 9.17) is 10.5 Å². The van der Waals surface area contributed by atoms with Crippen LogP contribution in [0.15, 0.2) is 41.2 Å². The molecular formula is C17H15N5O4. The van der Waals surface area contributed by atoms with Crippen LogP contribution in [-0.4, -0.2) is 28.6 Å². The lowest BCUT2D eigenvalue weighted by atomic mass is 10.1. The van der Waals surface area contributed by atoms with Gasteiger partial charge in [0.2, 0.25) is 0 Å². The van der Waals surface area contributed by atoms with Crippen LogP contribution in [0, 0.1) is 0 Å². The number of benzene rings is 2. The van der Waals surface area contributed by atoms with Gasteiger partial charge in [0, 0.05) is 17.9 Å². The summed E-state index contributed by atoms with van der Waals surface area (Å²) in [6.45, 7) is 0.504. The number of nitrogens with two attached hydrogens (primary N) is 1. The van der Waals surface area contributed by atoms with Gasteiger partial charge in [0.15, 0.2) is 0 Å². The van der Waals surface area contributed by atoms with Gasteiger partial charge < -0.3 is 25.8 Å². The second-order valence-corrected chi connectivity index (χ2v) is 5.88. The molecule has 0 radical (unpaired) electrons. The number of hydrogen-bond acceptors (Lipinski definition) is 4. The quantitative estimate of drug-likeness (QED) is 0.560. The molecule has 0 unspecified atom stereocenters. The highest BCUT2D eigenvalue weighted by atomic mass is 16.5. The summed E-state index contributed by atoms with van der Waals surface area (Å²) in [5.74, 6) is 0.348. The molecule has 3 amide bonds. The van der Waals surface area contributed by atoms with Crippen LogP contribution in [0.3, 0.4) is 0 Å². The topological polar surface area (TPSA) is 133 Å². The van der Waals surface area contributed by atoms with Crippen molar-refractivity contribution in [2.45, 2.75) is 6.42 Å². The first-order valence-electron chi connectivity index (χ1n) is 7.90. The molecule has 1 aliphatic rings. The van der Waals surface area contributed by atoms with Crippen LogP contribution >= 0.6 is 0 Å². The van der Waals surface area contributed by atoms with E-state index in [0.717, 1.165) is 11.3 Å². The summed E-state index contributed by atoms with van der Waals surface area (Å²) in [5.41, 5.74) is 8.20. The number of nitrogens with zero attached hydrogens (tertiary/aromatic N) is 1. The molecule has 3 aromatic rings. The fourth-order valence-electron chi connectivity index (χ4n) is 3.07. The summed E-state index contributed by atoms with van der Waals surface area (Å²) in [6, 6.07) is 9.83. The number of nitrogens with one attached hydrogen (secondary N) is 3. The number of H-pyrrole nitrogens is 2. The molecule has 0 bridgehead atoms. The van der Waals surface area contributed by atoms with E-state index in [2.05, 4.69) is 15.3 Å². The Morgan fingerprint density at radius 1 is 1.12 bits per heavy atom. The van der Waals surface area contributed by atoms with Crippen molar-refractivity contribution in [2.75, 3.05) is 16.8 Å². The minimum absolute atomic E-state index is 0.287. The Morgan fingerprint density at radius 3 is 2.73 bits per heavy atom. The Balaban J connectivity index is 1.54. The van der Waals surface area contributed by atoms with Crippen LogP contribution in [0.25, 0.3) is 11.0 Å². The van der Waals surface area contributed by atoms with Crippen molar-refractivity contribution < 1.29 is 14.3 Å². The van der Waals surface area contributed by atoms with Gasteiger partial charge in [-0.1, -0.05) is 0 Å². The van der Waals surface area contributed by atoms with E-state index in [-0.39, 0.29) is 11.7 Å². The van der Waals surface area contributed by atoms with Crippen molar-refractivity contribution in [3.8, 4) is 5.75 Å². The Labute approximate surface area is 146 Å². The maximum absolute atomic E-state index is 12.6. The number of anilines is 2. The van der Waals surface area contributed by atoms with E-state index in [1.54, 1.807) is 41.3 Å². The molecule has 4 rings (SSSR count). The molecule has 0 aliphatic carbocycles. The largest absolute Gasteiger partial charge is 0.410 e. The van der Waals surface area contributed by atoms with Crippen LogP contribution in [0.4, 0.5) is 21.0 Å². The molecule has 1 aliphatic heterocycles. The van der Waals surface area contributed by atoms with E-state index in [1.165, 1.54) is 0 Å². The summed E-state index contributed by atoms with van der Waals surface area (Å²) in [4.78, 5) is 41.7. The summed E-state index contributed by atoms with van der Waals surface area (Å²) in [6.07, 6.45) is -0.237. The van der Waals surface area contributed by atoms with Gasteiger partial charge in [0.25, 0.3) is 0 Å². The number of hydrogen-bond donors (Lipinski definition) is 4. The third kappa shape index (κ3) is 2.86. The zero-order chi connectivity index (χ0) is 18.3. The standard InChI is InChI=1S/C17H15N5O4/c18-15(23)26-11-2-4-14-9(7-11)5-6-22(14)17(25)19-10-1-3-12-13(8-10)21-16(24)20-12/h1-4,7-8H,5-6H2,(H2,18,23)(H,19,25)(H2,20,21,24). The number of fused-ring (bicyclic) bond motifs is 2. The second-order valence-electron chi connectivity index (χ2n) is 5.88.